The van der Waals surface area contributed by atoms with Crippen LogP contribution in [-0.2, 0) is 0 Å². The van der Waals surface area contributed by atoms with Crippen LogP contribution in [0.15, 0.2) is 127 Å². The Morgan fingerprint density at radius 2 is 1.14 bits per heavy atom. The number of fused-ring (bicyclic) bond motifs is 7. The van der Waals surface area contributed by atoms with Gasteiger partial charge in [0.25, 0.3) is 0 Å². The van der Waals surface area contributed by atoms with E-state index in [2.05, 4.69) is 131 Å². The summed E-state index contributed by atoms with van der Waals surface area (Å²) < 4.78 is 2.39. The minimum absolute atomic E-state index is 0.727. The summed E-state index contributed by atoms with van der Waals surface area (Å²) >= 11 is 6.65. The minimum atomic E-state index is 0.727. The standard InChI is InChI=1S/C32H21ClN2/c33-22-19-20-30-27(21-22)31-25-15-7-9-17-28(25)35(24-13-5-2-6-14-24)32(31)26-16-8-10-18-29(26)34(30)23-11-3-1-4-12-23/h1-21H. The fraction of sp³-hybridized carbons (Fsp3) is 0. The number of para-hydroxylation sites is 4. The number of aromatic nitrogens is 1. The summed E-state index contributed by atoms with van der Waals surface area (Å²) in [4.78, 5) is 2.35. The molecule has 2 heterocycles. The third-order valence-corrected chi connectivity index (χ3v) is 7.01. The zero-order chi connectivity index (χ0) is 23.4. The molecule has 0 N–H and O–H groups in total. The average Bonchev–Trinajstić information content (AvgIpc) is 3.20. The second-order valence-electron chi connectivity index (χ2n) is 8.76. The highest BCUT2D eigenvalue weighted by atomic mass is 35.5. The van der Waals surface area contributed by atoms with Crippen molar-refractivity contribution in [2.75, 3.05) is 4.90 Å². The zero-order valence-electron chi connectivity index (χ0n) is 18.9. The zero-order valence-corrected chi connectivity index (χ0v) is 19.7. The molecule has 3 heteroatoms. The molecule has 35 heavy (non-hydrogen) atoms. The van der Waals surface area contributed by atoms with Crippen LogP contribution in [0.25, 0.3) is 39.0 Å². The van der Waals surface area contributed by atoms with E-state index in [1.165, 1.54) is 27.7 Å². The minimum Gasteiger partial charge on any atom is -0.309 e. The topological polar surface area (TPSA) is 8.17 Å². The van der Waals surface area contributed by atoms with Crippen molar-refractivity contribution in [2.45, 2.75) is 0 Å². The van der Waals surface area contributed by atoms with Gasteiger partial charge in [0.15, 0.2) is 0 Å². The van der Waals surface area contributed by atoms with Crippen LogP contribution < -0.4 is 4.90 Å². The molecule has 5 aromatic carbocycles. The first-order chi connectivity index (χ1) is 17.3. The Morgan fingerprint density at radius 3 is 1.94 bits per heavy atom. The van der Waals surface area contributed by atoms with Crippen LogP contribution in [0.2, 0.25) is 5.02 Å². The van der Waals surface area contributed by atoms with Gasteiger partial charge in [0.05, 0.1) is 22.6 Å². The molecule has 0 amide bonds. The average molecular weight is 469 g/mol. The van der Waals surface area contributed by atoms with Crippen molar-refractivity contribution in [3.8, 4) is 28.1 Å². The van der Waals surface area contributed by atoms with Gasteiger partial charge in [-0.1, -0.05) is 84.4 Å². The molecule has 2 nitrogen and oxygen atoms in total. The molecule has 0 aliphatic carbocycles. The van der Waals surface area contributed by atoms with E-state index in [1.807, 2.05) is 6.07 Å². The highest BCUT2D eigenvalue weighted by molar-refractivity contribution is 6.31. The van der Waals surface area contributed by atoms with Gasteiger partial charge in [-0.3, -0.25) is 0 Å². The Labute approximate surface area is 209 Å². The van der Waals surface area contributed by atoms with Gasteiger partial charge in [0.2, 0.25) is 0 Å². The van der Waals surface area contributed by atoms with Crippen molar-refractivity contribution in [1.82, 2.24) is 4.57 Å². The first-order valence-electron chi connectivity index (χ1n) is 11.7. The number of nitrogens with zero attached hydrogens (tertiary/aromatic N) is 2. The van der Waals surface area contributed by atoms with Crippen LogP contribution in [-0.4, -0.2) is 4.57 Å². The van der Waals surface area contributed by atoms with E-state index in [4.69, 9.17) is 11.6 Å². The molecule has 0 spiro atoms. The van der Waals surface area contributed by atoms with E-state index in [1.54, 1.807) is 0 Å². The molecule has 1 aromatic heterocycles. The Hall–Kier alpha value is -4.27. The maximum absolute atomic E-state index is 6.65. The quantitative estimate of drug-likeness (QED) is 0.245. The highest BCUT2D eigenvalue weighted by Gasteiger charge is 2.31. The first-order valence-corrected chi connectivity index (χ1v) is 12.1. The number of rotatable bonds is 2. The van der Waals surface area contributed by atoms with Gasteiger partial charge in [-0.2, -0.15) is 0 Å². The second kappa shape index (κ2) is 7.90. The smallest absolute Gasteiger partial charge is 0.0641 e. The summed E-state index contributed by atoms with van der Waals surface area (Å²) in [6.45, 7) is 0. The molecule has 0 bridgehead atoms. The molecule has 0 radical (unpaired) electrons. The Kier molecular flexibility index (Phi) is 4.54. The van der Waals surface area contributed by atoms with Crippen LogP contribution in [0, 0.1) is 0 Å². The van der Waals surface area contributed by atoms with Crippen molar-refractivity contribution in [1.29, 1.82) is 0 Å². The molecule has 1 aliphatic rings. The van der Waals surface area contributed by atoms with Crippen molar-refractivity contribution in [3.05, 3.63) is 132 Å². The predicted octanol–water partition coefficient (Wildman–Crippen LogP) is 9.40. The predicted molar refractivity (Wildman–Crippen MR) is 147 cm³/mol. The normalized spacial score (nSPS) is 12.1. The lowest BCUT2D eigenvalue weighted by Crippen LogP contribution is -2.11. The Balaban J connectivity index is 1.71. The molecule has 7 rings (SSSR count). The molecule has 1 aliphatic heterocycles. The molecule has 6 aromatic rings. The number of hydrogen-bond acceptors (Lipinski definition) is 1. The van der Waals surface area contributed by atoms with E-state index in [9.17, 15) is 0 Å². The molecular weight excluding hydrogens is 448 g/mol. The number of hydrogen-bond donors (Lipinski definition) is 0. The summed E-state index contributed by atoms with van der Waals surface area (Å²) in [5.74, 6) is 0. The number of halogens is 1. The van der Waals surface area contributed by atoms with Crippen LogP contribution in [0.3, 0.4) is 0 Å². The van der Waals surface area contributed by atoms with Gasteiger partial charge in [0.1, 0.15) is 0 Å². The maximum Gasteiger partial charge on any atom is 0.0641 e. The second-order valence-corrected chi connectivity index (χ2v) is 9.20. The van der Waals surface area contributed by atoms with Crippen molar-refractivity contribution < 1.29 is 0 Å². The molecule has 166 valence electrons. The molecular formula is C32H21ClN2. The van der Waals surface area contributed by atoms with Crippen LogP contribution in [0.4, 0.5) is 17.1 Å². The highest BCUT2D eigenvalue weighted by Crippen LogP contribution is 2.54. The van der Waals surface area contributed by atoms with E-state index >= 15 is 0 Å². The first kappa shape index (κ1) is 20.1. The largest absolute Gasteiger partial charge is 0.309 e. The third-order valence-electron chi connectivity index (χ3n) is 6.77. The summed E-state index contributed by atoms with van der Waals surface area (Å²) in [6.07, 6.45) is 0. The third kappa shape index (κ3) is 3.04. The van der Waals surface area contributed by atoms with Crippen molar-refractivity contribution in [2.24, 2.45) is 0 Å². The van der Waals surface area contributed by atoms with Crippen molar-refractivity contribution >= 4 is 39.6 Å². The maximum atomic E-state index is 6.65. The van der Waals surface area contributed by atoms with Gasteiger partial charge in [-0.05, 0) is 54.6 Å². The van der Waals surface area contributed by atoms with Crippen LogP contribution in [0.5, 0.6) is 0 Å². The summed E-state index contributed by atoms with van der Waals surface area (Å²) in [5.41, 5.74) is 10.4. The molecule has 0 fully saturated rings. The number of benzene rings is 5. The Bertz CT molecular complexity index is 1700. The lowest BCUT2D eigenvalue weighted by atomic mass is 9.98. The molecule has 0 saturated heterocycles. The molecule has 0 saturated carbocycles. The van der Waals surface area contributed by atoms with Gasteiger partial charge in [-0.15, -0.1) is 0 Å². The fourth-order valence-electron chi connectivity index (χ4n) is 5.37. The van der Waals surface area contributed by atoms with Crippen LogP contribution >= 0.6 is 11.6 Å². The van der Waals surface area contributed by atoms with Gasteiger partial charge < -0.3 is 9.47 Å². The lowest BCUT2D eigenvalue weighted by molar-refractivity contribution is 1.13. The number of anilines is 3. The van der Waals surface area contributed by atoms with Gasteiger partial charge >= 0.3 is 0 Å². The monoisotopic (exact) mass is 468 g/mol. The Morgan fingerprint density at radius 1 is 0.514 bits per heavy atom. The van der Waals surface area contributed by atoms with Gasteiger partial charge in [0, 0.05) is 38.5 Å². The summed E-state index contributed by atoms with van der Waals surface area (Å²) in [7, 11) is 0. The van der Waals surface area contributed by atoms with Crippen LogP contribution in [0.1, 0.15) is 0 Å². The van der Waals surface area contributed by atoms with Crippen molar-refractivity contribution in [3.63, 3.8) is 0 Å². The van der Waals surface area contributed by atoms with E-state index < -0.39 is 0 Å². The summed E-state index contributed by atoms with van der Waals surface area (Å²) in [6, 6.07) is 44.8. The fourth-order valence-corrected chi connectivity index (χ4v) is 5.54. The summed E-state index contributed by atoms with van der Waals surface area (Å²) in [5, 5.41) is 1.93. The molecule has 0 unspecified atom stereocenters. The SMILES string of the molecule is Clc1ccc2c(c1)-c1c(n(-c3ccccc3)c3ccccc13)-c1ccccc1N2c1ccccc1. The van der Waals surface area contributed by atoms with E-state index in [0.717, 1.165) is 33.3 Å². The lowest BCUT2D eigenvalue weighted by Gasteiger charge is -2.27. The van der Waals surface area contributed by atoms with E-state index in [-0.39, 0.29) is 0 Å². The van der Waals surface area contributed by atoms with E-state index in [0.29, 0.717) is 0 Å². The molecule has 0 atom stereocenters. The van der Waals surface area contributed by atoms with Gasteiger partial charge in [-0.25, -0.2) is 0 Å².